The van der Waals surface area contributed by atoms with Gasteiger partial charge in [-0.05, 0) is 55.8 Å². The molecule has 0 aliphatic carbocycles. The van der Waals surface area contributed by atoms with E-state index in [2.05, 4.69) is 9.71 Å². The molecule has 9 heteroatoms. The zero-order chi connectivity index (χ0) is 21.0. The first kappa shape index (κ1) is 21.6. The minimum Gasteiger partial charge on any atom is -0.493 e. The quantitative estimate of drug-likeness (QED) is 0.551. The van der Waals surface area contributed by atoms with Gasteiger partial charge in [0.1, 0.15) is 5.01 Å². The lowest BCUT2D eigenvalue weighted by Crippen LogP contribution is -2.25. The summed E-state index contributed by atoms with van der Waals surface area (Å²) in [4.78, 5) is 5.84. The number of methoxy groups -OCH3 is 2. The third-order valence-corrected chi connectivity index (χ3v) is 7.29. The lowest BCUT2D eigenvalue weighted by atomic mass is 10.2. The lowest BCUT2D eigenvalue weighted by molar-refractivity contribution is 0.355. The maximum absolute atomic E-state index is 12.4. The molecule has 0 saturated heterocycles. The Hall–Kier alpha value is -2.13. The van der Waals surface area contributed by atoms with Crippen molar-refractivity contribution in [3.63, 3.8) is 0 Å². The minimum atomic E-state index is -3.58. The highest BCUT2D eigenvalue weighted by Gasteiger charge is 2.15. The Bertz CT molecular complexity index is 1100. The summed E-state index contributed by atoms with van der Waals surface area (Å²) in [5, 5.41) is 1.34. The van der Waals surface area contributed by atoms with Crippen molar-refractivity contribution < 1.29 is 17.9 Å². The minimum absolute atomic E-state index is 0.189. The summed E-state index contributed by atoms with van der Waals surface area (Å²) in [5.74, 6) is 1.29. The molecular formula is C20H21ClN2O4S2. The van der Waals surface area contributed by atoms with E-state index in [1.165, 1.54) is 23.5 Å². The number of nitrogens with one attached hydrogen (secondary N) is 1. The monoisotopic (exact) mass is 452 g/mol. The van der Waals surface area contributed by atoms with Gasteiger partial charge in [0.15, 0.2) is 11.5 Å². The van der Waals surface area contributed by atoms with Gasteiger partial charge in [-0.1, -0.05) is 11.6 Å². The number of thiazole rings is 1. The number of sulfonamides is 1. The SMILES string of the molecule is COc1ccc(-c2nc(C)c(CCNS(=O)(=O)c3ccc(Cl)cc3)s2)cc1OC. The fourth-order valence-electron chi connectivity index (χ4n) is 2.75. The van der Waals surface area contributed by atoms with Gasteiger partial charge in [0.25, 0.3) is 0 Å². The first-order valence-corrected chi connectivity index (χ1v) is 11.5. The Balaban J connectivity index is 1.70. The maximum atomic E-state index is 12.4. The Kier molecular flexibility index (Phi) is 6.79. The van der Waals surface area contributed by atoms with Gasteiger partial charge in [-0.15, -0.1) is 11.3 Å². The highest BCUT2D eigenvalue weighted by atomic mass is 35.5. The second-order valence-electron chi connectivity index (χ2n) is 6.20. The van der Waals surface area contributed by atoms with E-state index in [0.29, 0.717) is 22.9 Å². The Morgan fingerprint density at radius 3 is 2.41 bits per heavy atom. The average molecular weight is 453 g/mol. The average Bonchev–Trinajstić information content (AvgIpc) is 3.08. The number of rotatable bonds is 8. The van der Waals surface area contributed by atoms with Gasteiger partial charge in [0.05, 0.1) is 24.8 Å². The number of hydrogen-bond donors (Lipinski definition) is 1. The van der Waals surface area contributed by atoms with E-state index in [-0.39, 0.29) is 11.4 Å². The summed E-state index contributed by atoms with van der Waals surface area (Å²) in [6.07, 6.45) is 0.545. The van der Waals surface area contributed by atoms with Crippen LogP contribution in [0.5, 0.6) is 11.5 Å². The summed E-state index contributed by atoms with van der Waals surface area (Å²) < 4.78 is 38.0. The second-order valence-corrected chi connectivity index (χ2v) is 9.49. The molecule has 0 aliphatic heterocycles. The van der Waals surface area contributed by atoms with Crippen LogP contribution in [0.2, 0.25) is 5.02 Å². The fraction of sp³-hybridized carbons (Fsp3) is 0.250. The van der Waals surface area contributed by atoms with E-state index in [4.69, 9.17) is 21.1 Å². The number of ether oxygens (including phenoxy) is 2. The molecule has 0 unspecified atom stereocenters. The van der Waals surface area contributed by atoms with E-state index in [9.17, 15) is 8.42 Å². The topological polar surface area (TPSA) is 77.5 Å². The summed E-state index contributed by atoms with van der Waals surface area (Å²) in [6, 6.07) is 11.7. The number of benzene rings is 2. The number of halogens is 1. The fourth-order valence-corrected chi connectivity index (χ4v) is 4.96. The molecule has 0 amide bonds. The van der Waals surface area contributed by atoms with Crippen LogP contribution >= 0.6 is 22.9 Å². The molecule has 0 radical (unpaired) electrons. The number of aryl methyl sites for hydroxylation is 1. The molecule has 0 spiro atoms. The van der Waals surface area contributed by atoms with Crippen LogP contribution in [0.25, 0.3) is 10.6 Å². The summed E-state index contributed by atoms with van der Waals surface area (Å²) in [7, 11) is -0.395. The first-order chi connectivity index (χ1) is 13.8. The van der Waals surface area contributed by atoms with Gasteiger partial charge in [-0.2, -0.15) is 0 Å². The van der Waals surface area contributed by atoms with Crippen molar-refractivity contribution >= 4 is 33.0 Å². The van der Waals surface area contributed by atoms with Crippen LogP contribution in [0.3, 0.4) is 0 Å². The zero-order valence-corrected chi connectivity index (χ0v) is 18.6. The van der Waals surface area contributed by atoms with Crippen LogP contribution < -0.4 is 14.2 Å². The van der Waals surface area contributed by atoms with Crippen molar-refractivity contribution in [2.45, 2.75) is 18.2 Å². The lowest BCUT2D eigenvalue weighted by Gasteiger charge is -2.08. The van der Waals surface area contributed by atoms with Gasteiger partial charge >= 0.3 is 0 Å². The molecule has 2 aromatic carbocycles. The highest BCUT2D eigenvalue weighted by Crippen LogP contribution is 2.35. The van der Waals surface area contributed by atoms with Gasteiger partial charge in [-0.3, -0.25) is 0 Å². The van der Waals surface area contributed by atoms with E-state index >= 15 is 0 Å². The molecule has 1 aromatic heterocycles. The summed E-state index contributed by atoms with van der Waals surface area (Å²) in [5.41, 5.74) is 1.80. The molecule has 0 bridgehead atoms. The van der Waals surface area contributed by atoms with E-state index in [0.717, 1.165) is 21.1 Å². The van der Waals surface area contributed by atoms with Crippen LogP contribution in [0, 0.1) is 6.92 Å². The normalized spacial score (nSPS) is 11.4. The molecular weight excluding hydrogens is 432 g/mol. The molecule has 6 nitrogen and oxygen atoms in total. The van der Waals surface area contributed by atoms with E-state index < -0.39 is 10.0 Å². The third-order valence-electron chi connectivity index (χ3n) is 4.29. The molecule has 154 valence electrons. The summed E-state index contributed by atoms with van der Waals surface area (Å²) in [6.45, 7) is 2.20. The maximum Gasteiger partial charge on any atom is 0.240 e. The molecule has 29 heavy (non-hydrogen) atoms. The van der Waals surface area contributed by atoms with Crippen molar-refractivity contribution in [2.24, 2.45) is 0 Å². The predicted octanol–water partition coefficient (Wildman–Crippen LogP) is 4.31. The highest BCUT2D eigenvalue weighted by molar-refractivity contribution is 7.89. The Morgan fingerprint density at radius 1 is 1.07 bits per heavy atom. The molecule has 0 atom stereocenters. The van der Waals surface area contributed by atoms with Gasteiger partial charge < -0.3 is 9.47 Å². The smallest absolute Gasteiger partial charge is 0.240 e. The predicted molar refractivity (Wildman–Crippen MR) is 116 cm³/mol. The van der Waals surface area contributed by atoms with Crippen LogP contribution in [0.4, 0.5) is 0 Å². The molecule has 3 aromatic rings. The molecule has 1 heterocycles. The van der Waals surface area contributed by atoms with Gasteiger partial charge in [-0.25, -0.2) is 18.1 Å². The Labute approximate surface area is 179 Å². The molecule has 0 aliphatic rings. The van der Waals surface area contributed by atoms with Gasteiger partial charge in [0, 0.05) is 22.0 Å². The van der Waals surface area contributed by atoms with Crippen LogP contribution in [-0.4, -0.2) is 34.2 Å². The number of hydrogen-bond acceptors (Lipinski definition) is 6. The number of nitrogens with zero attached hydrogens (tertiary/aromatic N) is 1. The van der Waals surface area contributed by atoms with Gasteiger partial charge in [0.2, 0.25) is 10.0 Å². The van der Waals surface area contributed by atoms with Crippen molar-refractivity contribution in [1.82, 2.24) is 9.71 Å². The first-order valence-electron chi connectivity index (χ1n) is 8.78. The van der Waals surface area contributed by atoms with Crippen molar-refractivity contribution in [3.8, 4) is 22.1 Å². The molecule has 1 N–H and O–H groups in total. The zero-order valence-electron chi connectivity index (χ0n) is 16.2. The molecule has 0 saturated carbocycles. The standard InChI is InChI=1S/C20H21ClN2O4S2/c1-13-19(10-11-22-29(24,25)16-7-5-15(21)6-8-16)28-20(23-13)14-4-9-17(26-2)18(12-14)27-3/h4-9,12,22H,10-11H2,1-3H3. The molecule has 3 rings (SSSR count). The van der Waals surface area contributed by atoms with E-state index in [1.54, 1.807) is 26.4 Å². The molecule has 0 fully saturated rings. The van der Waals surface area contributed by atoms with Crippen LogP contribution in [0.15, 0.2) is 47.4 Å². The van der Waals surface area contributed by atoms with Crippen molar-refractivity contribution in [2.75, 3.05) is 20.8 Å². The third kappa shape index (κ3) is 5.08. The summed E-state index contributed by atoms with van der Waals surface area (Å²) >= 11 is 7.35. The van der Waals surface area contributed by atoms with Crippen LogP contribution in [0.1, 0.15) is 10.6 Å². The van der Waals surface area contributed by atoms with Crippen molar-refractivity contribution in [1.29, 1.82) is 0 Å². The van der Waals surface area contributed by atoms with Crippen molar-refractivity contribution in [3.05, 3.63) is 58.1 Å². The second kappa shape index (κ2) is 9.13. The number of aromatic nitrogens is 1. The van der Waals surface area contributed by atoms with E-state index in [1.807, 2.05) is 25.1 Å². The van der Waals surface area contributed by atoms with Crippen LogP contribution in [-0.2, 0) is 16.4 Å². The Morgan fingerprint density at radius 2 is 1.76 bits per heavy atom. The largest absolute Gasteiger partial charge is 0.493 e.